The second-order valence-corrected chi connectivity index (χ2v) is 5.73. The molecule has 1 aromatic heterocycles. The number of benzene rings is 1. The zero-order chi connectivity index (χ0) is 14.2. The van der Waals surface area contributed by atoms with Gasteiger partial charge in [0.2, 0.25) is 0 Å². The van der Waals surface area contributed by atoms with Gasteiger partial charge in [-0.2, -0.15) is 0 Å². The molecule has 1 heterocycles. The molecule has 2 nitrogen and oxygen atoms in total. The molecule has 0 unspecified atom stereocenters. The number of nitrogens with zero attached hydrogens (tertiary/aromatic N) is 2. The van der Waals surface area contributed by atoms with E-state index in [0.717, 1.165) is 5.56 Å². The van der Waals surface area contributed by atoms with Crippen LogP contribution in [-0.4, -0.2) is 9.55 Å². The van der Waals surface area contributed by atoms with Gasteiger partial charge in [0.15, 0.2) is 0 Å². The Morgan fingerprint density at radius 3 is 2.11 bits per heavy atom. The molecule has 0 aliphatic carbocycles. The van der Waals surface area contributed by atoms with Gasteiger partial charge >= 0.3 is 0 Å². The Morgan fingerprint density at radius 2 is 1.68 bits per heavy atom. The molecule has 1 aromatic carbocycles. The van der Waals surface area contributed by atoms with E-state index in [2.05, 4.69) is 25.8 Å². The summed E-state index contributed by atoms with van der Waals surface area (Å²) in [4.78, 5) is 3.98. The van der Waals surface area contributed by atoms with E-state index in [-0.39, 0.29) is 11.1 Å². The minimum absolute atomic E-state index is 0.0777. The Morgan fingerprint density at radius 1 is 1.11 bits per heavy atom. The molecule has 0 aliphatic rings. The van der Waals surface area contributed by atoms with Crippen LogP contribution in [0.5, 0.6) is 0 Å². The number of aromatic nitrogens is 2. The SMILES string of the molecule is Cn1cc(C(F)F)nc1-c1ccc(C(C)(C)C)cc1. The summed E-state index contributed by atoms with van der Waals surface area (Å²) in [6.45, 7) is 6.41. The first-order valence-electron chi connectivity index (χ1n) is 6.21. The molecule has 19 heavy (non-hydrogen) atoms. The smallest absolute Gasteiger partial charge is 0.281 e. The summed E-state index contributed by atoms with van der Waals surface area (Å²) >= 11 is 0. The highest BCUT2D eigenvalue weighted by atomic mass is 19.3. The van der Waals surface area contributed by atoms with Crippen molar-refractivity contribution in [3.63, 3.8) is 0 Å². The Bertz CT molecular complexity index is 563. The maximum absolute atomic E-state index is 12.6. The lowest BCUT2D eigenvalue weighted by atomic mass is 9.87. The van der Waals surface area contributed by atoms with Gasteiger partial charge in [0.25, 0.3) is 6.43 Å². The van der Waals surface area contributed by atoms with Crippen molar-refractivity contribution < 1.29 is 8.78 Å². The fourth-order valence-electron chi connectivity index (χ4n) is 1.98. The van der Waals surface area contributed by atoms with Gasteiger partial charge in [0.05, 0.1) is 0 Å². The van der Waals surface area contributed by atoms with Crippen LogP contribution in [-0.2, 0) is 12.5 Å². The molecule has 0 bridgehead atoms. The van der Waals surface area contributed by atoms with Crippen LogP contribution in [0.1, 0.15) is 38.5 Å². The lowest BCUT2D eigenvalue weighted by molar-refractivity contribution is 0.146. The monoisotopic (exact) mass is 264 g/mol. The van der Waals surface area contributed by atoms with E-state index in [4.69, 9.17) is 0 Å². The van der Waals surface area contributed by atoms with Crippen LogP contribution in [0.4, 0.5) is 8.78 Å². The first kappa shape index (κ1) is 13.7. The summed E-state index contributed by atoms with van der Waals surface area (Å²) in [6.07, 6.45) is -1.16. The fourth-order valence-corrected chi connectivity index (χ4v) is 1.98. The van der Waals surface area contributed by atoms with Crippen LogP contribution in [0, 0.1) is 0 Å². The summed E-state index contributed by atoms with van der Waals surface area (Å²) < 4.78 is 26.9. The Balaban J connectivity index is 2.37. The highest BCUT2D eigenvalue weighted by molar-refractivity contribution is 5.57. The van der Waals surface area contributed by atoms with Gasteiger partial charge in [-0.3, -0.25) is 0 Å². The van der Waals surface area contributed by atoms with Crippen LogP contribution in [0.15, 0.2) is 30.5 Å². The minimum atomic E-state index is -2.53. The predicted octanol–water partition coefficient (Wildman–Crippen LogP) is 4.32. The van der Waals surface area contributed by atoms with Crippen molar-refractivity contribution in [2.45, 2.75) is 32.6 Å². The fraction of sp³-hybridized carbons (Fsp3) is 0.400. The lowest BCUT2D eigenvalue weighted by Crippen LogP contribution is -2.10. The Hall–Kier alpha value is -1.71. The van der Waals surface area contributed by atoms with Crippen molar-refractivity contribution in [1.29, 1.82) is 0 Å². The Labute approximate surface area is 112 Å². The molecule has 0 saturated heterocycles. The molecule has 0 saturated carbocycles. The second kappa shape index (κ2) is 4.76. The van der Waals surface area contributed by atoms with Gasteiger partial charge in [0, 0.05) is 18.8 Å². The number of halogens is 2. The normalized spacial score (nSPS) is 12.2. The van der Waals surface area contributed by atoms with Crippen molar-refractivity contribution in [2.24, 2.45) is 7.05 Å². The number of imidazole rings is 1. The highest BCUT2D eigenvalue weighted by Crippen LogP contribution is 2.27. The zero-order valence-electron chi connectivity index (χ0n) is 11.6. The summed E-state index contributed by atoms with van der Waals surface area (Å²) in [5.41, 5.74) is 1.95. The number of alkyl halides is 2. The van der Waals surface area contributed by atoms with Crippen LogP contribution in [0.3, 0.4) is 0 Å². The molecule has 0 fully saturated rings. The first-order valence-corrected chi connectivity index (χ1v) is 6.21. The molecule has 0 spiro atoms. The van der Waals surface area contributed by atoms with Gasteiger partial charge in [-0.05, 0) is 11.0 Å². The predicted molar refractivity (Wildman–Crippen MR) is 72.3 cm³/mol. The molecule has 0 aliphatic heterocycles. The van der Waals surface area contributed by atoms with E-state index in [0.29, 0.717) is 5.82 Å². The third kappa shape index (κ3) is 2.83. The van der Waals surface area contributed by atoms with Crippen molar-refractivity contribution in [2.75, 3.05) is 0 Å². The molecule has 2 rings (SSSR count). The lowest BCUT2D eigenvalue weighted by Gasteiger charge is -2.19. The first-order chi connectivity index (χ1) is 8.79. The van der Waals surface area contributed by atoms with Crippen LogP contribution in [0.2, 0.25) is 0 Å². The molecular formula is C15H18F2N2. The average molecular weight is 264 g/mol. The average Bonchev–Trinajstić information content (AvgIpc) is 2.70. The molecule has 0 amide bonds. The van der Waals surface area contributed by atoms with E-state index < -0.39 is 6.43 Å². The molecule has 0 radical (unpaired) electrons. The second-order valence-electron chi connectivity index (χ2n) is 5.73. The highest BCUT2D eigenvalue weighted by Gasteiger charge is 2.16. The molecule has 4 heteroatoms. The zero-order valence-corrected chi connectivity index (χ0v) is 11.6. The van der Waals surface area contributed by atoms with E-state index in [1.807, 2.05) is 24.3 Å². The van der Waals surface area contributed by atoms with Gasteiger partial charge in [0.1, 0.15) is 11.5 Å². The van der Waals surface area contributed by atoms with Gasteiger partial charge in [-0.1, -0.05) is 45.0 Å². The molecule has 0 atom stereocenters. The molecular weight excluding hydrogens is 246 g/mol. The Kier molecular flexibility index (Phi) is 3.43. The van der Waals surface area contributed by atoms with Gasteiger partial charge < -0.3 is 4.57 Å². The third-order valence-electron chi connectivity index (χ3n) is 3.13. The standard InChI is InChI=1S/C15H18F2N2/c1-15(2,3)11-7-5-10(6-8-11)14-18-12(13(16)17)9-19(14)4/h5-9,13H,1-4H3. The van der Waals surface area contributed by atoms with Crippen molar-refractivity contribution in [3.05, 3.63) is 41.7 Å². The topological polar surface area (TPSA) is 17.8 Å². The van der Waals surface area contributed by atoms with Gasteiger partial charge in [-0.15, -0.1) is 0 Å². The third-order valence-corrected chi connectivity index (χ3v) is 3.13. The summed E-state index contributed by atoms with van der Waals surface area (Å²) in [6, 6.07) is 7.90. The number of hydrogen-bond donors (Lipinski definition) is 0. The maximum atomic E-state index is 12.6. The maximum Gasteiger partial charge on any atom is 0.281 e. The van der Waals surface area contributed by atoms with Crippen molar-refractivity contribution >= 4 is 0 Å². The van der Waals surface area contributed by atoms with Crippen LogP contribution in [0.25, 0.3) is 11.4 Å². The van der Waals surface area contributed by atoms with Crippen LogP contribution >= 0.6 is 0 Å². The number of aryl methyl sites for hydroxylation is 1. The number of hydrogen-bond acceptors (Lipinski definition) is 1. The summed E-state index contributed by atoms with van der Waals surface area (Å²) in [5.74, 6) is 0.566. The van der Waals surface area contributed by atoms with Crippen LogP contribution < -0.4 is 0 Å². The molecule has 2 aromatic rings. The van der Waals surface area contributed by atoms with E-state index in [9.17, 15) is 8.78 Å². The number of rotatable bonds is 2. The van der Waals surface area contributed by atoms with Crippen molar-refractivity contribution in [1.82, 2.24) is 9.55 Å². The van der Waals surface area contributed by atoms with Gasteiger partial charge in [-0.25, -0.2) is 13.8 Å². The van der Waals surface area contributed by atoms with Crippen molar-refractivity contribution in [3.8, 4) is 11.4 Å². The summed E-state index contributed by atoms with van der Waals surface area (Å²) in [5, 5.41) is 0. The quantitative estimate of drug-likeness (QED) is 0.789. The van der Waals surface area contributed by atoms with E-state index in [1.54, 1.807) is 11.6 Å². The molecule has 102 valence electrons. The van der Waals surface area contributed by atoms with E-state index >= 15 is 0 Å². The minimum Gasteiger partial charge on any atom is -0.334 e. The van der Waals surface area contributed by atoms with E-state index in [1.165, 1.54) is 11.8 Å². The molecule has 0 N–H and O–H groups in total. The largest absolute Gasteiger partial charge is 0.334 e. The summed E-state index contributed by atoms with van der Waals surface area (Å²) in [7, 11) is 1.73.